The van der Waals surface area contributed by atoms with Gasteiger partial charge >= 0.3 is 6.18 Å². The molecule has 1 aliphatic rings. The molecule has 110 valence electrons. The first-order valence-electron chi connectivity index (χ1n) is 6.82. The monoisotopic (exact) mass is 285 g/mol. The molecule has 0 aromatic heterocycles. The summed E-state index contributed by atoms with van der Waals surface area (Å²) in [6.07, 6.45) is 1.21. The number of aldehydes is 1. The summed E-state index contributed by atoms with van der Waals surface area (Å²) in [5.74, 6) is 0. The van der Waals surface area contributed by atoms with Crippen LogP contribution in [0.25, 0.3) is 0 Å². The third-order valence-corrected chi connectivity index (χ3v) is 4.00. The first-order chi connectivity index (χ1) is 9.43. The molecule has 20 heavy (non-hydrogen) atoms. The predicted molar refractivity (Wildman–Crippen MR) is 72.1 cm³/mol. The SMILES string of the molecule is CN(c1ccc(C=O)c(C(F)(F)F)c1)C1CCCCC1. The van der Waals surface area contributed by atoms with Gasteiger partial charge in [-0.05, 0) is 31.0 Å². The zero-order valence-electron chi connectivity index (χ0n) is 11.4. The minimum absolute atomic E-state index is 0.257. The van der Waals surface area contributed by atoms with Crippen molar-refractivity contribution in [2.45, 2.75) is 44.3 Å². The number of halogens is 3. The van der Waals surface area contributed by atoms with Crippen LogP contribution in [0.4, 0.5) is 18.9 Å². The molecule has 0 radical (unpaired) electrons. The van der Waals surface area contributed by atoms with Gasteiger partial charge in [0.05, 0.1) is 5.56 Å². The van der Waals surface area contributed by atoms with E-state index in [2.05, 4.69) is 0 Å². The molecule has 1 aromatic rings. The highest BCUT2D eigenvalue weighted by molar-refractivity contribution is 5.79. The van der Waals surface area contributed by atoms with E-state index in [9.17, 15) is 18.0 Å². The maximum Gasteiger partial charge on any atom is 0.417 e. The minimum Gasteiger partial charge on any atom is -0.372 e. The molecular weight excluding hydrogens is 267 g/mol. The Hall–Kier alpha value is -1.52. The van der Waals surface area contributed by atoms with Crippen LogP contribution in [-0.4, -0.2) is 19.4 Å². The summed E-state index contributed by atoms with van der Waals surface area (Å²) < 4.78 is 38.8. The Kier molecular flexibility index (Phi) is 4.35. The predicted octanol–water partition coefficient (Wildman–Crippen LogP) is 4.29. The normalized spacial score (nSPS) is 17.0. The van der Waals surface area contributed by atoms with Crippen LogP contribution in [0.1, 0.15) is 48.0 Å². The first-order valence-corrected chi connectivity index (χ1v) is 6.82. The van der Waals surface area contributed by atoms with E-state index in [-0.39, 0.29) is 17.9 Å². The lowest BCUT2D eigenvalue weighted by Crippen LogP contribution is -2.33. The van der Waals surface area contributed by atoms with Gasteiger partial charge in [0.15, 0.2) is 6.29 Å². The van der Waals surface area contributed by atoms with Crippen molar-refractivity contribution >= 4 is 12.0 Å². The van der Waals surface area contributed by atoms with Crippen molar-refractivity contribution < 1.29 is 18.0 Å². The zero-order valence-corrected chi connectivity index (χ0v) is 11.4. The average Bonchev–Trinajstić information content (AvgIpc) is 2.46. The average molecular weight is 285 g/mol. The maximum atomic E-state index is 12.9. The molecule has 0 aliphatic heterocycles. The number of nitrogens with zero attached hydrogens (tertiary/aromatic N) is 1. The van der Waals surface area contributed by atoms with E-state index in [0.717, 1.165) is 31.7 Å². The van der Waals surface area contributed by atoms with Gasteiger partial charge in [-0.3, -0.25) is 4.79 Å². The van der Waals surface area contributed by atoms with Crippen LogP contribution in [0, 0.1) is 0 Å². The van der Waals surface area contributed by atoms with Crippen molar-refractivity contribution in [1.82, 2.24) is 0 Å². The van der Waals surface area contributed by atoms with Crippen molar-refractivity contribution in [2.75, 3.05) is 11.9 Å². The molecule has 1 saturated carbocycles. The second kappa shape index (κ2) is 5.85. The van der Waals surface area contributed by atoms with Crippen molar-refractivity contribution in [2.24, 2.45) is 0 Å². The highest BCUT2D eigenvalue weighted by Gasteiger charge is 2.34. The number of carbonyl (C=O) groups is 1. The maximum absolute atomic E-state index is 12.9. The quantitative estimate of drug-likeness (QED) is 0.772. The van der Waals surface area contributed by atoms with Gasteiger partial charge in [-0.2, -0.15) is 13.2 Å². The van der Waals surface area contributed by atoms with E-state index in [4.69, 9.17) is 0 Å². The Morgan fingerprint density at radius 1 is 1.20 bits per heavy atom. The summed E-state index contributed by atoms with van der Waals surface area (Å²) in [5.41, 5.74) is -0.638. The Labute approximate surface area is 116 Å². The van der Waals surface area contributed by atoms with Crippen molar-refractivity contribution in [3.63, 3.8) is 0 Å². The van der Waals surface area contributed by atoms with E-state index in [0.29, 0.717) is 5.69 Å². The van der Waals surface area contributed by atoms with Gasteiger partial charge in [0, 0.05) is 24.3 Å². The molecule has 1 fully saturated rings. The molecule has 0 unspecified atom stereocenters. The molecule has 0 saturated heterocycles. The summed E-state index contributed by atoms with van der Waals surface area (Å²) in [7, 11) is 1.83. The van der Waals surface area contributed by atoms with E-state index >= 15 is 0 Å². The fourth-order valence-corrected chi connectivity index (χ4v) is 2.79. The molecule has 1 aromatic carbocycles. The highest BCUT2D eigenvalue weighted by atomic mass is 19.4. The lowest BCUT2D eigenvalue weighted by molar-refractivity contribution is -0.137. The van der Waals surface area contributed by atoms with E-state index in [1.807, 2.05) is 11.9 Å². The van der Waals surface area contributed by atoms with Crippen molar-refractivity contribution in [1.29, 1.82) is 0 Å². The molecule has 0 spiro atoms. The summed E-state index contributed by atoms with van der Waals surface area (Å²) in [6, 6.07) is 4.21. The molecule has 0 amide bonds. The van der Waals surface area contributed by atoms with Gasteiger partial charge in [-0.15, -0.1) is 0 Å². The van der Waals surface area contributed by atoms with Gasteiger partial charge < -0.3 is 4.90 Å². The van der Waals surface area contributed by atoms with E-state index in [1.54, 1.807) is 6.07 Å². The highest BCUT2D eigenvalue weighted by Crippen LogP contribution is 2.35. The van der Waals surface area contributed by atoms with Crippen LogP contribution in [0.2, 0.25) is 0 Å². The Balaban J connectivity index is 2.30. The lowest BCUT2D eigenvalue weighted by Gasteiger charge is -2.33. The lowest BCUT2D eigenvalue weighted by atomic mass is 9.94. The molecule has 1 aliphatic carbocycles. The third kappa shape index (κ3) is 3.14. The molecular formula is C15H18F3NO. The van der Waals surface area contributed by atoms with Crippen molar-refractivity contribution in [3.8, 4) is 0 Å². The van der Waals surface area contributed by atoms with Crippen LogP contribution in [0.15, 0.2) is 18.2 Å². The molecule has 2 rings (SSSR count). The first kappa shape index (κ1) is 14.9. The van der Waals surface area contributed by atoms with Gasteiger partial charge in [0.1, 0.15) is 0 Å². The van der Waals surface area contributed by atoms with Gasteiger partial charge in [0.2, 0.25) is 0 Å². The number of hydrogen-bond donors (Lipinski definition) is 0. The fourth-order valence-electron chi connectivity index (χ4n) is 2.79. The second-order valence-electron chi connectivity index (χ2n) is 5.29. The largest absolute Gasteiger partial charge is 0.417 e. The van der Waals surface area contributed by atoms with Crippen LogP contribution in [0.5, 0.6) is 0 Å². The molecule has 2 nitrogen and oxygen atoms in total. The Bertz CT molecular complexity index is 478. The number of hydrogen-bond acceptors (Lipinski definition) is 2. The summed E-state index contributed by atoms with van der Waals surface area (Å²) in [4.78, 5) is 12.6. The summed E-state index contributed by atoms with van der Waals surface area (Å²) >= 11 is 0. The van der Waals surface area contributed by atoms with Crippen LogP contribution < -0.4 is 4.90 Å². The van der Waals surface area contributed by atoms with Gasteiger partial charge in [0.25, 0.3) is 0 Å². The number of carbonyl (C=O) groups excluding carboxylic acids is 1. The Morgan fingerprint density at radius 3 is 2.40 bits per heavy atom. The summed E-state index contributed by atoms with van der Waals surface area (Å²) in [5, 5.41) is 0. The number of alkyl halides is 3. The molecule has 0 N–H and O–H groups in total. The van der Waals surface area contributed by atoms with E-state index in [1.165, 1.54) is 12.5 Å². The summed E-state index contributed by atoms with van der Waals surface area (Å²) in [6.45, 7) is 0. The van der Waals surface area contributed by atoms with Crippen molar-refractivity contribution in [3.05, 3.63) is 29.3 Å². The van der Waals surface area contributed by atoms with Crippen LogP contribution >= 0.6 is 0 Å². The smallest absolute Gasteiger partial charge is 0.372 e. The number of benzene rings is 1. The number of rotatable bonds is 3. The minimum atomic E-state index is -4.50. The molecule has 0 atom stereocenters. The Morgan fingerprint density at radius 2 is 1.85 bits per heavy atom. The van der Waals surface area contributed by atoms with Crippen LogP contribution in [0.3, 0.4) is 0 Å². The topological polar surface area (TPSA) is 20.3 Å². The molecule has 5 heteroatoms. The van der Waals surface area contributed by atoms with Crippen LogP contribution in [-0.2, 0) is 6.18 Å². The molecule has 0 heterocycles. The standard InChI is InChI=1S/C15H18F3NO/c1-19(12-5-3-2-4-6-12)13-8-7-11(10-20)14(9-13)15(16,17)18/h7-10,12H,2-6H2,1H3. The van der Waals surface area contributed by atoms with E-state index < -0.39 is 11.7 Å². The fraction of sp³-hybridized carbons (Fsp3) is 0.533. The molecule has 0 bridgehead atoms. The zero-order chi connectivity index (χ0) is 14.8. The second-order valence-corrected chi connectivity index (χ2v) is 5.29. The number of anilines is 1. The van der Waals surface area contributed by atoms with Gasteiger partial charge in [-0.1, -0.05) is 19.3 Å². The third-order valence-electron chi connectivity index (χ3n) is 4.00. The van der Waals surface area contributed by atoms with Gasteiger partial charge in [-0.25, -0.2) is 0 Å².